The second kappa shape index (κ2) is 6.36. The van der Waals surface area contributed by atoms with E-state index in [-0.39, 0.29) is 4.90 Å². The van der Waals surface area contributed by atoms with Crippen molar-refractivity contribution in [2.75, 3.05) is 5.32 Å². The summed E-state index contributed by atoms with van der Waals surface area (Å²) < 4.78 is 23.2. The molecule has 5 heteroatoms. The van der Waals surface area contributed by atoms with Gasteiger partial charge in [-0.3, -0.25) is 0 Å². The Morgan fingerprint density at radius 1 is 1.29 bits per heavy atom. The molecular weight excluding hydrogens is 284 g/mol. The van der Waals surface area contributed by atoms with E-state index in [4.69, 9.17) is 5.14 Å². The molecule has 1 aliphatic carbocycles. The van der Waals surface area contributed by atoms with Crippen molar-refractivity contribution in [2.45, 2.75) is 63.8 Å². The van der Waals surface area contributed by atoms with Gasteiger partial charge in [0, 0.05) is 11.7 Å². The molecule has 0 amide bonds. The van der Waals surface area contributed by atoms with Crippen LogP contribution in [0.5, 0.6) is 0 Å². The monoisotopic (exact) mass is 310 g/mol. The maximum atomic E-state index is 11.6. The average Bonchev–Trinajstić information content (AvgIpc) is 2.42. The molecule has 2 rings (SSSR count). The Balaban J connectivity index is 2.25. The molecule has 1 aliphatic rings. The highest BCUT2D eigenvalue weighted by Gasteiger charge is 2.22. The first kappa shape index (κ1) is 16.3. The van der Waals surface area contributed by atoms with Gasteiger partial charge in [0.25, 0.3) is 0 Å². The van der Waals surface area contributed by atoms with E-state index in [1.165, 1.54) is 19.3 Å². The molecule has 0 aliphatic heterocycles. The summed E-state index contributed by atoms with van der Waals surface area (Å²) in [6.07, 6.45) is 6.07. The highest BCUT2D eigenvalue weighted by atomic mass is 32.2. The topological polar surface area (TPSA) is 72.2 Å². The Hall–Kier alpha value is -1.07. The fraction of sp³-hybridized carbons (Fsp3) is 0.625. The predicted octanol–water partition coefficient (Wildman–Crippen LogP) is 3.33. The molecular formula is C16H26N2O2S. The molecule has 3 N–H and O–H groups in total. The van der Waals surface area contributed by atoms with E-state index in [1.807, 2.05) is 13.8 Å². The highest BCUT2D eigenvalue weighted by molar-refractivity contribution is 7.89. The van der Waals surface area contributed by atoms with E-state index in [0.717, 1.165) is 35.6 Å². The molecule has 2 atom stereocenters. The third-order valence-corrected chi connectivity index (χ3v) is 5.58. The minimum absolute atomic E-state index is 0.191. The number of sulfonamides is 1. The Bertz CT molecular complexity index is 611. The van der Waals surface area contributed by atoms with Crippen LogP contribution in [-0.4, -0.2) is 14.5 Å². The first-order valence-corrected chi connectivity index (χ1v) is 9.26. The van der Waals surface area contributed by atoms with Gasteiger partial charge in [-0.2, -0.15) is 0 Å². The molecule has 21 heavy (non-hydrogen) atoms. The summed E-state index contributed by atoms with van der Waals surface area (Å²) in [4.78, 5) is 0.191. The Morgan fingerprint density at radius 3 is 2.62 bits per heavy atom. The molecule has 0 spiro atoms. The van der Waals surface area contributed by atoms with E-state index in [9.17, 15) is 8.42 Å². The third kappa shape index (κ3) is 3.98. The van der Waals surface area contributed by atoms with Crippen molar-refractivity contribution in [3.8, 4) is 0 Å². The quantitative estimate of drug-likeness (QED) is 0.896. The van der Waals surface area contributed by atoms with Gasteiger partial charge in [0.05, 0.1) is 4.90 Å². The highest BCUT2D eigenvalue weighted by Crippen LogP contribution is 2.31. The van der Waals surface area contributed by atoms with E-state index >= 15 is 0 Å². The van der Waals surface area contributed by atoms with Gasteiger partial charge in [0.2, 0.25) is 10.0 Å². The summed E-state index contributed by atoms with van der Waals surface area (Å²) in [7, 11) is -3.66. The van der Waals surface area contributed by atoms with Crippen LogP contribution in [0.2, 0.25) is 0 Å². The lowest BCUT2D eigenvalue weighted by Crippen LogP contribution is -2.27. The lowest BCUT2D eigenvalue weighted by molar-refractivity contribution is 0.327. The maximum absolute atomic E-state index is 11.6. The minimum atomic E-state index is -3.66. The van der Waals surface area contributed by atoms with Gasteiger partial charge in [-0.15, -0.1) is 0 Å². The van der Waals surface area contributed by atoms with Crippen LogP contribution in [0.15, 0.2) is 17.0 Å². The molecule has 0 saturated heterocycles. The van der Waals surface area contributed by atoms with Crippen molar-refractivity contribution in [1.29, 1.82) is 0 Å². The molecule has 0 bridgehead atoms. The molecule has 4 nitrogen and oxygen atoms in total. The fourth-order valence-corrected chi connectivity index (χ4v) is 3.78. The average molecular weight is 310 g/mol. The van der Waals surface area contributed by atoms with Crippen LogP contribution in [0.3, 0.4) is 0 Å². The van der Waals surface area contributed by atoms with Crippen LogP contribution in [0.1, 0.15) is 50.2 Å². The summed E-state index contributed by atoms with van der Waals surface area (Å²) in [5.74, 6) is 0.777. The molecule has 1 fully saturated rings. The summed E-state index contributed by atoms with van der Waals surface area (Å²) in [5, 5.41) is 8.81. The molecule has 0 radical (unpaired) electrons. The van der Waals surface area contributed by atoms with Crippen molar-refractivity contribution >= 4 is 15.7 Å². The van der Waals surface area contributed by atoms with Gasteiger partial charge >= 0.3 is 0 Å². The number of anilines is 1. The number of benzene rings is 1. The lowest BCUT2D eigenvalue weighted by atomic mass is 9.84. The molecule has 0 heterocycles. The number of primary sulfonamides is 1. The number of rotatable bonds is 4. The van der Waals surface area contributed by atoms with Gasteiger partial charge in [0.15, 0.2) is 0 Å². The first-order chi connectivity index (χ1) is 9.81. The predicted molar refractivity (Wildman–Crippen MR) is 86.9 cm³/mol. The van der Waals surface area contributed by atoms with Gasteiger partial charge < -0.3 is 5.32 Å². The molecule has 1 saturated carbocycles. The van der Waals surface area contributed by atoms with Crippen LogP contribution in [-0.2, 0) is 10.0 Å². The van der Waals surface area contributed by atoms with Gasteiger partial charge in [-0.05, 0) is 55.9 Å². The SMILES string of the molecule is CCC1CCCC(Nc2cc(S(N)(=O)=O)cc(C)c2C)C1. The van der Waals surface area contributed by atoms with Gasteiger partial charge in [0.1, 0.15) is 0 Å². The summed E-state index contributed by atoms with van der Waals surface area (Å²) in [6.45, 7) is 6.18. The lowest BCUT2D eigenvalue weighted by Gasteiger charge is -2.30. The van der Waals surface area contributed by atoms with E-state index < -0.39 is 10.0 Å². The Morgan fingerprint density at radius 2 is 2.00 bits per heavy atom. The van der Waals surface area contributed by atoms with E-state index in [0.29, 0.717) is 6.04 Å². The summed E-state index contributed by atoms with van der Waals surface area (Å²) in [6, 6.07) is 3.75. The van der Waals surface area contributed by atoms with Crippen LogP contribution < -0.4 is 10.5 Å². The second-order valence-electron chi connectivity index (χ2n) is 6.24. The first-order valence-electron chi connectivity index (χ1n) is 7.71. The van der Waals surface area contributed by atoms with E-state index in [2.05, 4.69) is 12.2 Å². The van der Waals surface area contributed by atoms with Crippen molar-refractivity contribution in [3.63, 3.8) is 0 Å². The zero-order valence-electron chi connectivity index (χ0n) is 13.1. The molecule has 1 aromatic carbocycles. The third-order valence-electron chi connectivity index (χ3n) is 4.69. The summed E-state index contributed by atoms with van der Waals surface area (Å²) in [5.41, 5.74) is 2.95. The number of nitrogens with two attached hydrogens (primary N) is 1. The maximum Gasteiger partial charge on any atom is 0.238 e. The van der Waals surface area contributed by atoms with Crippen LogP contribution >= 0.6 is 0 Å². The normalized spacial score (nSPS) is 23.0. The number of hydrogen-bond donors (Lipinski definition) is 2. The smallest absolute Gasteiger partial charge is 0.238 e. The molecule has 118 valence electrons. The Kier molecular flexibility index (Phi) is 4.94. The zero-order chi connectivity index (χ0) is 15.6. The standard InChI is InChI=1S/C16H26N2O2S/c1-4-13-6-5-7-14(9-13)18-16-10-15(21(17,19)20)8-11(2)12(16)3/h8,10,13-14,18H,4-7,9H2,1-3H3,(H2,17,19,20). The minimum Gasteiger partial charge on any atom is -0.382 e. The van der Waals surface area contributed by atoms with Gasteiger partial charge in [-0.1, -0.05) is 26.2 Å². The second-order valence-corrected chi connectivity index (χ2v) is 7.80. The molecule has 0 aromatic heterocycles. The number of nitrogens with one attached hydrogen (secondary N) is 1. The Labute approximate surface area is 128 Å². The van der Waals surface area contributed by atoms with E-state index in [1.54, 1.807) is 12.1 Å². The zero-order valence-corrected chi connectivity index (χ0v) is 14.0. The van der Waals surface area contributed by atoms with Crippen LogP contribution in [0, 0.1) is 19.8 Å². The van der Waals surface area contributed by atoms with Crippen molar-refractivity contribution < 1.29 is 8.42 Å². The number of hydrogen-bond acceptors (Lipinski definition) is 3. The largest absolute Gasteiger partial charge is 0.382 e. The fourth-order valence-electron chi connectivity index (χ4n) is 3.15. The van der Waals surface area contributed by atoms with Crippen molar-refractivity contribution in [2.24, 2.45) is 11.1 Å². The van der Waals surface area contributed by atoms with Crippen molar-refractivity contribution in [3.05, 3.63) is 23.3 Å². The van der Waals surface area contributed by atoms with Gasteiger partial charge in [-0.25, -0.2) is 13.6 Å². The van der Waals surface area contributed by atoms with Crippen LogP contribution in [0.4, 0.5) is 5.69 Å². The molecule has 1 aromatic rings. The molecule has 2 unspecified atom stereocenters. The summed E-state index contributed by atoms with van der Waals surface area (Å²) >= 11 is 0. The van der Waals surface area contributed by atoms with Crippen molar-refractivity contribution in [1.82, 2.24) is 0 Å². The number of aryl methyl sites for hydroxylation is 1. The van der Waals surface area contributed by atoms with Crippen LogP contribution in [0.25, 0.3) is 0 Å².